The molecular weight excluding hydrogens is 368 g/mol. The van der Waals surface area contributed by atoms with Gasteiger partial charge in [-0.3, -0.25) is 0 Å². The predicted molar refractivity (Wildman–Crippen MR) is 105 cm³/mol. The van der Waals surface area contributed by atoms with Gasteiger partial charge in [-0.2, -0.15) is 0 Å². The van der Waals surface area contributed by atoms with E-state index in [-0.39, 0.29) is 12.5 Å². The molecule has 0 spiro atoms. The number of rotatable bonds is 11. The Labute approximate surface area is 164 Å². The Hall–Kier alpha value is -2.57. The first-order valence-corrected chi connectivity index (χ1v) is 8.74. The molecule has 12 nitrogen and oxygen atoms in total. The van der Waals surface area contributed by atoms with E-state index in [0.29, 0.717) is 24.5 Å². The molecule has 0 bridgehead atoms. The number of nitrogens with one attached hydrogen (secondary N) is 2. The monoisotopic (exact) mass is 398 g/mol. The standard InChI is InChI=1S/C16H30N8O4/c1-12(19-25)15(2,3)18-8-9-22(6)21-16(4,5)13(20-26)11-23-10-7-17-14(23)24(27)28/h7,10,18,21,25-26H,8-9,11H2,1-6H3/b19-12+,20-13+. The molecule has 0 radical (unpaired) electrons. The molecule has 0 atom stereocenters. The van der Waals surface area contributed by atoms with Crippen molar-refractivity contribution in [2.24, 2.45) is 10.3 Å². The molecule has 0 aliphatic heterocycles. The fourth-order valence-corrected chi connectivity index (χ4v) is 2.50. The van der Waals surface area contributed by atoms with Crippen LogP contribution >= 0.6 is 0 Å². The summed E-state index contributed by atoms with van der Waals surface area (Å²) in [7, 11) is 1.83. The first-order valence-electron chi connectivity index (χ1n) is 8.74. The van der Waals surface area contributed by atoms with Crippen molar-refractivity contribution >= 4 is 17.4 Å². The van der Waals surface area contributed by atoms with Crippen molar-refractivity contribution in [1.82, 2.24) is 25.3 Å². The Morgan fingerprint density at radius 3 is 2.50 bits per heavy atom. The van der Waals surface area contributed by atoms with Crippen LogP contribution in [0.15, 0.2) is 22.7 Å². The number of aromatic nitrogens is 2. The lowest BCUT2D eigenvalue weighted by Gasteiger charge is -2.33. The normalized spacial score (nSPS) is 14.0. The summed E-state index contributed by atoms with van der Waals surface area (Å²) in [6.45, 7) is 10.4. The van der Waals surface area contributed by atoms with Gasteiger partial charge in [0.2, 0.25) is 0 Å². The largest absolute Gasteiger partial charge is 0.434 e. The second-order valence-corrected chi connectivity index (χ2v) is 7.55. The molecule has 0 aliphatic carbocycles. The highest BCUT2D eigenvalue weighted by atomic mass is 16.6. The fourth-order valence-electron chi connectivity index (χ4n) is 2.50. The smallest absolute Gasteiger partial charge is 0.411 e. The lowest BCUT2D eigenvalue weighted by molar-refractivity contribution is -0.396. The third-order valence-electron chi connectivity index (χ3n) is 4.56. The molecule has 28 heavy (non-hydrogen) atoms. The molecule has 0 amide bonds. The minimum atomic E-state index is -0.778. The second-order valence-electron chi connectivity index (χ2n) is 7.55. The highest BCUT2D eigenvalue weighted by Crippen LogP contribution is 2.13. The summed E-state index contributed by atoms with van der Waals surface area (Å²) in [5.74, 6) is -0.322. The molecule has 0 fully saturated rings. The second kappa shape index (κ2) is 9.57. The number of hydrazine groups is 1. The number of nitro groups is 1. The lowest BCUT2D eigenvalue weighted by Crippen LogP contribution is -2.57. The summed E-state index contributed by atoms with van der Waals surface area (Å²) in [5, 5.41) is 41.1. The average molecular weight is 398 g/mol. The van der Waals surface area contributed by atoms with Gasteiger partial charge in [-0.1, -0.05) is 15.3 Å². The Kier molecular flexibility index (Phi) is 8.02. The summed E-state index contributed by atoms with van der Waals surface area (Å²) < 4.78 is 1.31. The zero-order valence-electron chi connectivity index (χ0n) is 17.2. The Balaban J connectivity index is 2.69. The zero-order valence-corrected chi connectivity index (χ0v) is 17.2. The minimum absolute atomic E-state index is 0.0120. The molecule has 0 saturated heterocycles. The van der Waals surface area contributed by atoms with Crippen molar-refractivity contribution in [3.05, 3.63) is 22.5 Å². The van der Waals surface area contributed by atoms with Crippen LogP contribution in [0.2, 0.25) is 0 Å². The van der Waals surface area contributed by atoms with Crippen LogP contribution in [0.5, 0.6) is 0 Å². The van der Waals surface area contributed by atoms with Gasteiger partial charge in [0.1, 0.15) is 24.7 Å². The van der Waals surface area contributed by atoms with E-state index in [1.54, 1.807) is 20.8 Å². The van der Waals surface area contributed by atoms with Crippen molar-refractivity contribution < 1.29 is 15.3 Å². The van der Waals surface area contributed by atoms with Crippen molar-refractivity contribution in [3.8, 4) is 0 Å². The molecular formula is C16H30N8O4. The number of hydrogen-bond donors (Lipinski definition) is 4. The molecule has 0 aromatic carbocycles. The van der Waals surface area contributed by atoms with Gasteiger partial charge < -0.3 is 25.8 Å². The van der Waals surface area contributed by atoms with E-state index in [2.05, 4.69) is 26.0 Å². The van der Waals surface area contributed by atoms with Gasteiger partial charge in [0.25, 0.3) is 0 Å². The minimum Gasteiger partial charge on any atom is -0.411 e. The Bertz CT molecular complexity index is 726. The number of hydrogen-bond acceptors (Lipinski definition) is 10. The van der Waals surface area contributed by atoms with Crippen molar-refractivity contribution in [3.63, 3.8) is 0 Å². The van der Waals surface area contributed by atoms with Crippen LogP contribution in [-0.4, -0.2) is 72.5 Å². The molecule has 1 aromatic rings. The van der Waals surface area contributed by atoms with Crippen LogP contribution in [0.1, 0.15) is 34.6 Å². The number of likely N-dealkylation sites (N-methyl/N-ethyl adjacent to an activating group) is 1. The average Bonchev–Trinajstić information content (AvgIpc) is 3.06. The zero-order chi connectivity index (χ0) is 21.5. The highest BCUT2D eigenvalue weighted by Gasteiger charge is 2.30. The summed E-state index contributed by atoms with van der Waals surface area (Å²) in [4.78, 5) is 14.1. The van der Waals surface area contributed by atoms with Gasteiger partial charge in [0, 0.05) is 20.1 Å². The van der Waals surface area contributed by atoms with Crippen LogP contribution in [0.25, 0.3) is 0 Å². The molecule has 1 rings (SSSR count). The molecule has 12 heteroatoms. The first-order chi connectivity index (χ1) is 12.9. The third-order valence-corrected chi connectivity index (χ3v) is 4.56. The van der Waals surface area contributed by atoms with Crippen molar-refractivity contribution in [1.29, 1.82) is 0 Å². The van der Waals surface area contributed by atoms with Crippen LogP contribution in [-0.2, 0) is 6.54 Å². The highest BCUT2D eigenvalue weighted by molar-refractivity contribution is 5.92. The quantitative estimate of drug-likeness (QED) is 0.187. The molecule has 0 unspecified atom stereocenters. The third kappa shape index (κ3) is 6.25. The maximum atomic E-state index is 11.0. The van der Waals surface area contributed by atoms with Gasteiger partial charge in [-0.05, 0) is 39.5 Å². The number of oxime groups is 2. The summed E-state index contributed by atoms with van der Waals surface area (Å²) >= 11 is 0. The van der Waals surface area contributed by atoms with Crippen LogP contribution in [0.4, 0.5) is 5.95 Å². The number of imidazole rings is 1. The Morgan fingerprint density at radius 2 is 1.96 bits per heavy atom. The molecule has 1 heterocycles. The number of nitrogens with zero attached hydrogens (tertiary/aromatic N) is 6. The summed E-state index contributed by atoms with van der Waals surface area (Å²) in [6, 6.07) is 0. The fraction of sp³-hybridized carbons (Fsp3) is 0.688. The van der Waals surface area contributed by atoms with E-state index in [1.165, 1.54) is 17.0 Å². The van der Waals surface area contributed by atoms with E-state index in [9.17, 15) is 15.3 Å². The summed E-state index contributed by atoms with van der Waals surface area (Å²) in [6.07, 6.45) is 2.78. The molecule has 0 saturated carbocycles. The van der Waals surface area contributed by atoms with Crippen LogP contribution in [0, 0.1) is 10.1 Å². The Morgan fingerprint density at radius 1 is 1.32 bits per heavy atom. The SMILES string of the molecule is C/C(=N\O)C(C)(C)NCCN(C)NC(C)(C)/C(Cn1ccnc1[N+](=O)[O-])=N/O. The maximum absolute atomic E-state index is 11.0. The molecule has 0 aliphatic rings. The maximum Gasteiger partial charge on any atom is 0.434 e. The van der Waals surface area contributed by atoms with Gasteiger partial charge in [-0.15, -0.1) is 0 Å². The van der Waals surface area contributed by atoms with Gasteiger partial charge in [0.05, 0.1) is 16.8 Å². The van der Waals surface area contributed by atoms with E-state index < -0.39 is 16.0 Å². The van der Waals surface area contributed by atoms with E-state index >= 15 is 0 Å². The van der Waals surface area contributed by atoms with Crippen LogP contribution in [0.3, 0.4) is 0 Å². The van der Waals surface area contributed by atoms with Gasteiger partial charge in [-0.25, -0.2) is 15.0 Å². The van der Waals surface area contributed by atoms with Crippen LogP contribution < -0.4 is 10.7 Å². The lowest BCUT2D eigenvalue weighted by atomic mass is 9.99. The van der Waals surface area contributed by atoms with Crippen molar-refractivity contribution in [2.45, 2.75) is 52.2 Å². The van der Waals surface area contributed by atoms with Crippen molar-refractivity contribution in [2.75, 3.05) is 20.1 Å². The molecule has 4 N–H and O–H groups in total. The summed E-state index contributed by atoms with van der Waals surface area (Å²) in [5.41, 5.74) is 2.86. The van der Waals surface area contributed by atoms with Gasteiger partial charge >= 0.3 is 5.95 Å². The predicted octanol–water partition coefficient (Wildman–Crippen LogP) is 1.05. The van der Waals surface area contributed by atoms with Gasteiger partial charge in [0.15, 0.2) is 0 Å². The first kappa shape index (κ1) is 23.5. The van der Waals surface area contributed by atoms with E-state index in [0.717, 1.165) is 0 Å². The topological polar surface area (TPSA) is 153 Å². The molecule has 1 aromatic heterocycles. The van der Waals surface area contributed by atoms with E-state index in [1.807, 2.05) is 25.9 Å². The van der Waals surface area contributed by atoms with E-state index in [4.69, 9.17) is 5.21 Å². The molecule has 158 valence electrons.